The zero-order valence-electron chi connectivity index (χ0n) is 18.2. The molecular formula is C17H17ClN6O3. The van der Waals surface area contributed by atoms with Crippen LogP contribution in [0.4, 0.5) is 10.6 Å². The normalized spacial score (nSPS) is 25.9. The summed E-state index contributed by atoms with van der Waals surface area (Å²) in [7, 11) is 1.55. The molecule has 27 heavy (non-hydrogen) atoms. The summed E-state index contributed by atoms with van der Waals surface area (Å²) in [6.07, 6.45) is 1.25. The summed E-state index contributed by atoms with van der Waals surface area (Å²) in [4.78, 5) is 41.0. The monoisotopic (exact) mass is 392 g/mol. The molecule has 0 aliphatic carbocycles. The summed E-state index contributed by atoms with van der Waals surface area (Å²) in [6, 6.07) is 2.94. The predicted octanol–water partition coefficient (Wildman–Crippen LogP) is 1.57. The van der Waals surface area contributed by atoms with Crippen molar-refractivity contribution in [3.05, 3.63) is 47.1 Å². The van der Waals surface area contributed by atoms with Gasteiger partial charge in [0.1, 0.15) is 11.5 Å². The molecule has 1 saturated heterocycles. The standard InChI is InChI=1S/C17H17ClN6O3/c1-22-6-8-23(9-7-22)17(26)27-16-14-13(19-4-5-20-14)15(25)24(16)12-3-2-11(18)10-21-12/h2-5,10,16H,6-9H2,1H3/i8D2,9D2. The Labute approximate surface area is 166 Å². The summed E-state index contributed by atoms with van der Waals surface area (Å²) in [6.45, 7) is -5.15. The molecule has 140 valence electrons. The molecule has 2 aromatic heterocycles. The second kappa shape index (κ2) is 7.09. The van der Waals surface area contributed by atoms with Crippen molar-refractivity contribution in [2.24, 2.45) is 0 Å². The van der Waals surface area contributed by atoms with Crippen LogP contribution >= 0.6 is 11.6 Å². The van der Waals surface area contributed by atoms with Gasteiger partial charge in [0.15, 0.2) is 5.69 Å². The van der Waals surface area contributed by atoms with E-state index in [0.29, 0.717) is 9.92 Å². The number of fused-ring (bicyclic) bond motifs is 1. The number of nitrogens with zero attached hydrogens (tertiary/aromatic N) is 6. The summed E-state index contributed by atoms with van der Waals surface area (Å²) in [5.41, 5.74) is -0.0192. The number of aromatic nitrogens is 3. The quantitative estimate of drug-likeness (QED) is 0.765. The van der Waals surface area contributed by atoms with E-state index in [2.05, 4.69) is 15.0 Å². The highest BCUT2D eigenvalue weighted by Gasteiger charge is 2.44. The van der Waals surface area contributed by atoms with Gasteiger partial charge in [-0.1, -0.05) is 11.6 Å². The van der Waals surface area contributed by atoms with E-state index in [9.17, 15) is 9.59 Å². The number of ether oxygens (including phenoxy) is 1. The molecule has 0 bridgehead atoms. The van der Waals surface area contributed by atoms with Gasteiger partial charge in [-0.3, -0.25) is 9.78 Å². The largest absolute Gasteiger partial charge is 0.419 e. The molecule has 2 amide bonds. The van der Waals surface area contributed by atoms with Gasteiger partial charge in [0.2, 0.25) is 6.23 Å². The van der Waals surface area contributed by atoms with E-state index in [-0.39, 0.29) is 30.3 Å². The SMILES string of the molecule is [2H]C1([2H])CN(C)CC([2H])([2H])N1C(=O)OC1c2nccnc2C(=O)N1c1ccc(Cl)cn1. The van der Waals surface area contributed by atoms with Crippen LogP contribution in [0.5, 0.6) is 0 Å². The van der Waals surface area contributed by atoms with Crippen LogP contribution in [0.15, 0.2) is 30.7 Å². The molecule has 4 rings (SSSR count). The van der Waals surface area contributed by atoms with Gasteiger partial charge in [-0.25, -0.2) is 19.7 Å². The van der Waals surface area contributed by atoms with E-state index < -0.39 is 31.2 Å². The molecule has 2 aliphatic rings. The lowest BCUT2D eigenvalue weighted by Crippen LogP contribution is -2.48. The lowest BCUT2D eigenvalue weighted by Gasteiger charge is -2.33. The topological polar surface area (TPSA) is 91.8 Å². The minimum atomic E-state index is -2.36. The molecule has 1 atom stereocenters. The van der Waals surface area contributed by atoms with Crippen LogP contribution in [0.1, 0.15) is 27.9 Å². The fraction of sp³-hybridized carbons (Fsp3) is 0.353. The summed E-state index contributed by atoms with van der Waals surface area (Å²) in [5.74, 6) is -0.517. The van der Waals surface area contributed by atoms with Gasteiger partial charge >= 0.3 is 6.09 Å². The van der Waals surface area contributed by atoms with Crippen molar-refractivity contribution in [3.63, 3.8) is 0 Å². The van der Waals surface area contributed by atoms with Crippen molar-refractivity contribution in [1.29, 1.82) is 0 Å². The average molecular weight is 393 g/mol. The average Bonchev–Trinajstić information content (AvgIpc) is 2.92. The summed E-state index contributed by atoms with van der Waals surface area (Å²) < 4.78 is 38.2. The van der Waals surface area contributed by atoms with E-state index in [1.54, 1.807) is 7.05 Å². The molecular weight excluding hydrogens is 372 g/mol. The van der Waals surface area contributed by atoms with Gasteiger partial charge < -0.3 is 14.5 Å². The van der Waals surface area contributed by atoms with Crippen LogP contribution in [0.3, 0.4) is 0 Å². The number of anilines is 1. The van der Waals surface area contributed by atoms with E-state index in [4.69, 9.17) is 21.8 Å². The highest BCUT2D eigenvalue weighted by molar-refractivity contribution is 6.30. The Kier molecular flexibility index (Phi) is 3.52. The van der Waals surface area contributed by atoms with Crippen LogP contribution in [0, 0.1) is 0 Å². The maximum Gasteiger partial charge on any atom is 0.412 e. The Bertz CT molecular complexity index is 1020. The minimum Gasteiger partial charge on any atom is -0.419 e. The number of likely N-dealkylation sites (N-methyl/N-ethyl adjacent to an activating group) is 1. The minimum absolute atomic E-state index is 0.0350. The zero-order chi connectivity index (χ0) is 22.6. The fourth-order valence-electron chi connectivity index (χ4n) is 2.65. The molecule has 0 spiro atoms. The van der Waals surface area contributed by atoms with Crippen molar-refractivity contribution >= 4 is 29.4 Å². The first-order valence-corrected chi connectivity index (χ1v) is 8.34. The number of carbonyl (C=O) groups is 2. The van der Waals surface area contributed by atoms with Crippen molar-refractivity contribution in [2.45, 2.75) is 6.23 Å². The van der Waals surface area contributed by atoms with E-state index in [0.717, 1.165) is 4.90 Å². The van der Waals surface area contributed by atoms with Crippen LogP contribution in [-0.2, 0) is 4.74 Å². The van der Waals surface area contributed by atoms with Gasteiger partial charge in [-0.15, -0.1) is 0 Å². The Hall–Kier alpha value is -2.78. The number of halogens is 1. The van der Waals surface area contributed by atoms with E-state index in [1.807, 2.05) is 0 Å². The maximum atomic E-state index is 13.0. The Morgan fingerprint density at radius 3 is 2.70 bits per heavy atom. The number of rotatable bonds is 2. The fourth-order valence-corrected chi connectivity index (χ4v) is 2.76. The lowest BCUT2D eigenvalue weighted by molar-refractivity contribution is 0.0476. The Morgan fingerprint density at radius 2 is 2.00 bits per heavy atom. The van der Waals surface area contributed by atoms with Crippen molar-refractivity contribution in [3.8, 4) is 0 Å². The first kappa shape index (κ1) is 13.4. The van der Waals surface area contributed by atoms with Crippen molar-refractivity contribution in [1.82, 2.24) is 24.8 Å². The number of hydrogen-bond acceptors (Lipinski definition) is 7. The third-order valence-corrected chi connectivity index (χ3v) is 4.19. The van der Waals surface area contributed by atoms with Gasteiger partial charge in [0.25, 0.3) is 5.91 Å². The molecule has 0 radical (unpaired) electrons. The van der Waals surface area contributed by atoms with Gasteiger partial charge in [-0.05, 0) is 19.2 Å². The molecule has 2 aromatic rings. The first-order chi connectivity index (χ1) is 14.5. The van der Waals surface area contributed by atoms with Crippen LogP contribution < -0.4 is 4.90 Å². The number of hydrogen-bond donors (Lipinski definition) is 0. The summed E-state index contributed by atoms with van der Waals surface area (Å²) >= 11 is 5.87. The van der Waals surface area contributed by atoms with E-state index >= 15 is 0 Å². The second-order valence-electron chi connectivity index (χ2n) is 5.86. The van der Waals surface area contributed by atoms with E-state index in [1.165, 1.54) is 35.6 Å². The first-order valence-electron chi connectivity index (χ1n) is 9.97. The number of carbonyl (C=O) groups excluding carboxylic acids is 2. The number of amides is 2. The molecule has 0 saturated carbocycles. The Balaban J connectivity index is 1.71. The molecule has 10 heteroatoms. The van der Waals surface area contributed by atoms with Crippen LogP contribution in [-0.4, -0.2) is 69.9 Å². The van der Waals surface area contributed by atoms with Gasteiger partial charge in [0.05, 0.1) is 10.5 Å². The predicted molar refractivity (Wildman–Crippen MR) is 96.4 cm³/mol. The zero-order valence-corrected chi connectivity index (χ0v) is 14.9. The molecule has 1 unspecified atom stereocenters. The third-order valence-electron chi connectivity index (χ3n) is 3.97. The van der Waals surface area contributed by atoms with Crippen molar-refractivity contribution < 1.29 is 19.8 Å². The maximum absolute atomic E-state index is 13.0. The van der Waals surface area contributed by atoms with Crippen molar-refractivity contribution in [2.75, 3.05) is 38.0 Å². The smallest absolute Gasteiger partial charge is 0.412 e. The molecule has 4 heterocycles. The molecule has 1 fully saturated rings. The van der Waals surface area contributed by atoms with Gasteiger partial charge in [0, 0.05) is 44.7 Å². The molecule has 0 aromatic carbocycles. The third kappa shape index (κ3) is 3.31. The highest BCUT2D eigenvalue weighted by atomic mass is 35.5. The Morgan fingerprint density at radius 1 is 1.26 bits per heavy atom. The van der Waals surface area contributed by atoms with Crippen LogP contribution in [0.25, 0.3) is 0 Å². The highest BCUT2D eigenvalue weighted by Crippen LogP contribution is 2.35. The van der Waals surface area contributed by atoms with Gasteiger partial charge in [-0.2, -0.15) is 0 Å². The number of piperazine rings is 1. The lowest BCUT2D eigenvalue weighted by atomic mass is 10.3. The molecule has 9 nitrogen and oxygen atoms in total. The second-order valence-corrected chi connectivity index (χ2v) is 6.30. The van der Waals surface area contributed by atoms with Crippen LogP contribution in [0.2, 0.25) is 5.02 Å². The number of pyridine rings is 1. The summed E-state index contributed by atoms with van der Waals surface area (Å²) in [5, 5.41) is 0.330. The molecule has 0 N–H and O–H groups in total. The molecule has 2 aliphatic heterocycles.